The number of nitrogens with zero attached hydrogens (tertiary/aromatic N) is 2. The average Bonchev–Trinajstić information content (AvgIpc) is 1.90. The second-order valence-electron chi connectivity index (χ2n) is 1.48. The number of hydrogen-bond donors (Lipinski definition) is 0. The smallest absolute Gasteiger partial charge is 0.164 e. The Kier molecular flexibility index (Phi) is 2.16. The fourth-order valence-corrected chi connectivity index (χ4v) is 0.718. The molecule has 0 saturated carbocycles. The highest BCUT2D eigenvalue weighted by atomic mass is 127. The van der Waals surface area contributed by atoms with Gasteiger partial charge in [0.2, 0.25) is 0 Å². The summed E-state index contributed by atoms with van der Waals surface area (Å²) in [7, 11) is 0. The van der Waals surface area contributed by atoms with Crippen LogP contribution in [0.25, 0.3) is 3.58 Å². The molecule has 3 heteroatoms. The van der Waals surface area contributed by atoms with Crippen molar-refractivity contribution in [1.29, 1.82) is 0 Å². The second kappa shape index (κ2) is 2.91. The molecule has 1 aromatic rings. The summed E-state index contributed by atoms with van der Waals surface area (Å²) < 4.78 is 0.869. The van der Waals surface area contributed by atoms with Crippen molar-refractivity contribution in [3.63, 3.8) is 0 Å². The zero-order chi connectivity index (χ0) is 6.69. The van der Waals surface area contributed by atoms with E-state index >= 15 is 0 Å². The van der Waals surface area contributed by atoms with Gasteiger partial charge in [-0.2, -0.15) is 0 Å². The third-order valence-corrected chi connectivity index (χ3v) is 1.29. The molecule has 1 aromatic heterocycles. The fourth-order valence-electron chi connectivity index (χ4n) is 0.439. The van der Waals surface area contributed by atoms with Gasteiger partial charge in [0.25, 0.3) is 0 Å². The van der Waals surface area contributed by atoms with Crippen LogP contribution < -0.4 is 0 Å². The SMILES string of the molecule is C=C(I)c1ncccn1. The Morgan fingerprint density at radius 2 is 2.00 bits per heavy atom. The van der Waals surface area contributed by atoms with Gasteiger partial charge in [-0.1, -0.05) is 6.58 Å². The van der Waals surface area contributed by atoms with Gasteiger partial charge in [-0.15, -0.1) is 0 Å². The monoisotopic (exact) mass is 232 g/mol. The van der Waals surface area contributed by atoms with E-state index in [0.717, 1.165) is 3.58 Å². The minimum absolute atomic E-state index is 0.707. The van der Waals surface area contributed by atoms with Crippen LogP contribution in [0.3, 0.4) is 0 Å². The van der Waals surface area contributed by atoms with Gasteiger partial charge in [0.05, 0.1) is 3.58 Å². The number of halogens is 1. The molecule has 0 aliphatic heterocycles. The molecule has 0 saturated heterocycles. The highest BCUT2D eigenvalue weighted by Gasteiger charge is 1.92. The molecule has 0 amide bonds. The van der Waals surface area contributed by atoms with Gasteiger partial charge in [0, 0.05) is 12.4 Å². The van der Waals surface area contributed by atoms with E-state index in [1.165, 1.54) is 0 Å². The summed E-state index contributed by atoms with van der Waals surface area (Å²) in [4.78, 5) is 7.92. The third-order valence-electron chi connectivity index (χ3n) is 0.808. The van der Waals surface area contributed by atoms with E-state index in [9.17, 15) is 0 Å². The van der Waals surface area contributed by atoms with Crippen LogP contribution in [0.4, 0.5) is 0 Å². The molecule has 0 atom stereocenters. The van der Waals surface area contributed by atoms with Crippen molar-refractivity contribution in [2.24, 2.45) is 0 Å². The van der Waals surface area contributed by atoms with Crippen LogP contribution in [0.5, 0.6) is 0 Å². The Labute approximate surface area is 67.2 Å². The number of aromatic nitrogens is 2. The van der Waals surface area contributed by atoms with Gasteiger partial charge in [-0.05, 0) is 28.7 Å². The minimum Gasteiger partial charge on any atom is -0.236 e. The molecule has 1 heterocycles. The van der Waals surface area contributed by atoms with Gasteiger partial charge in [-0.3, -0.25) is 0 Å². The summed E-state index contributed by atoms with van der Waals surface area (Å²) in [5, 5.41) is 0. The van der Waals surface area contributed by atoms with E-state index in [1.54, 1.807) is 18.5 Å². The molecule has 0 fully saturated rings. The zero-order valence-electron chi connectivity index (χ0n) is 4.71. The Morgan fingerprint density at radius 3 is 2.33 bits per heavy atom. The van der Waals surface area contributed by atoms with E-state index in [0.29, 0.717) is 5.82 Å². The lowest BCUT2D eigenvalue weighted by Gasteiger charge is -1.90. The predicted molar refractivity (Wildman–Crippen MR) is 45.1 cm³/mol. The molecule has 2 nitrogen and oxygen atoms in total. The van der Waals surface area contributed by atoms with E-state index in [2.05, 4.69) is 39.1 Å². The first-order valence-corrected chi connectivity index (χ1v) is 3.50. The van der Waals surface area contributed by atoms with Crippen LogP contribution in [0.1, 0.15) is 5.82 Å². The first-order chi connectivity index (χ1) is 4.30. The highest BCUT2D eigenvalue weighted by Crippen LogP contribution is 2.12. The topological polar surface area (TPSA) is 25.8 Å². The van der Waals surface area contributed by atoms with E-state index < -0.39 is 0 Å². The lowest BCUT2D eigenvalue weighted by molar-refractivity contribution is 1.13. The van der Waals surface area contributed by atoms with Crippen molar-refractivity contribution < 1.29 is 0 Å². The standard InChI is InChI=1S/C6H5IN2/c1-5(7)6-8-3-2-4-9-6/h2-4H,1H2. The molecular formula is C6H5IN2. The molecule has 9 heavy (non-hydrogen) atoms. The quantitative estimate of drug-likeness (QED) is 0.691. The molecule has 0 bridgehead atoms. The molecule has 0 aliphatic rings. The van der Waals surface area contributed by atoms with Crippen molar-refractivity contribution in [3.05, 3.63) is 30.9 Å². The number of rotatable bonds is 1. The van der Waals surface area contributed by atoms with E-state index in [-0.39, 0.29) is 0 Å². The van der Waals surface area contributed by atoms with Gasteiger partial charge in [-0.25, -0.2) is 9.97 Å². The summed E-state index contributed by atoms with van der Waals surface area (Å²) in [5.41, 5.74) is 0. The second-order valence-corrected chi connectivity index (χ2v) is 2.78. The summed E-state index contributed by atoms with van der Waals surface area (Å²) >= 11 is 2.09. The Bertz CT molecular complexity index is 208. The molecule has 0 aliphatic carbocycles. The first kappa shape index (κ1) is 6.67. The molecule has 0 unspecified atom stereocenters. The Morgan fingerprint density at radius 1 is 1.44 bits per heavy atom. The molecule has 1 rings (SSSR count). The molecule has 46 valence electrons. The predicted octanol–water partition coefficient (Wildman–Crippen LogP) is 1.88. The lowest BCUT2D eigenvalue weighted by Crippen LogP contribution is -1.84. The summed E-state index contributed by atoms with van der Waals surface area (Å²) in [6.07, 6.45) is 3.40. The van der Waals surface area contributed by atoms with Crippen molar-refractivity contribution in [2.45, 2.75) is 0 Å². The van der Waals surface area contributed by atoms with Crippen LogP contribution in [0, 0.1) is 0 Å². The minimum atomic E-state index is 0.707. The van der Waals surface area contributed by atoms with Crippen LogP contribution in [-0.2, 0) is 0 Å². The summed E-state index contributed by atoms with van der Waals surface area (Å²) in [5.74, 6) is 0.707. The maximum atomic E-state index is 3.96. The third kappa shape index (κ3) is 1.74. The molecule has 0 radical (unpaired) electrons. The van der Waals surface area contributed by atoms with Crippen molar-refractivity contribution >= 4 is 26.2 Å². The van der Waals surface area contributed by atoms with Crippen LogP contribution in [0.15, 0.2) is 25.0 Å². The van der Waals surface area contributed by atoms with E-state index in [4.69, 9.17) is 0 Å². The van der Waals surface area contributed by atoms with Crippen LogP contribution >= 0.6 is 22.6 Å². The van der Waals surface area contributed by atoms with Crippen molar-refractivity contribution in [1.82, 2.24) is 9.97 Å². The van der Waals surface area contributed by atoms with E-state index in [1.807, 2.05) is 0 Å². The van der Waals surface area contributed by atoms with Crippen molar-refractivity contribution in [3.8, 4) is 0 Å². The maximum absolute atomic E-state index is 3.96. The normalized spacial score (nSPS) is 9.00. The highest BCUT2D eigenvalue weighted by molar-refractivity contribution is 14.1. The zero-order valence-corrected chi connectivity index (χ0v) is 6.87. The Balaban J connectivity index is 2.98. The van der Waals surface area contributed by atoms with Crippen LogP contribution in [0.2, 0.25) is 0 Å². The van der Waals surface area contributed by atoms with Crippen LogP contribution in [-0.4, -0.2) is 9.97 Å². The molecule has 0 N–H and O–H groups in total. The van der Waals surface area contributed by atoms with Gasteiger partial charge < -0.3 is 0 Å². The van der Waals surface area contributed by atoms with Gasteiger partial charge in [0.1, 0.15) is 0 Å². The van der Waals surface area contributed by atoms with Gasteiger partial charge in [0.15, 0.2) is 5.82 Å². The molecule has 0 spiro atoms. The van der Waals surface area contributed by atoms with Crippen molar-refractivity contribution in [2.75, 3.05) is 0 Å². The number of hydrogen-bond acceptors (Lipinski definition) is 2. The lowest BCUT2D eigenvalue weighted by atomic mass is 10.5. The maximum Gasteiger partial charge on any atom is 0.164 e. The summed E-state index contributed by atoms with van der Waals surface area (Å²) in [6.45, 7) is 3.69. The molecular weight excluding hydrogens is 227 g/mol. The summed E-state index contributed by atoms with van der Waals surface area (Å²) in [6, 6.07) is 1.78. The first-order valence-electron chi connectivity index (χ1n) is 2.42. The van der Waals surface area contributed by atoms with Gasteiger partial charge >= 0.3 is 0 Å². The Hall–Kier alpha value is -0.450. The molecule has 0 aromatic carbocycles. The largest absolute Gasteiger partial charge is 0.236 e. The fraction of sp³-hybridized carbons (Fsp3) is 0. The average molecular weight is 232 g/mol.